The molecule has 6 heteroatoms. The SMILES string of the molecule is Cc1ccc(CNC(=O)C(C)Sc2nc3ccccc3c(=O)n2C2CCCCC2)cc1. The number of thioether (sulfide) groups is 1. The van der Waals surface area contributed by atoms with Crippen LogP contribution in [-0.2, 0) is 11.3 Å². The summed E-state index contributed by atoms with van der Waals surface area (Å²) in [6.45, 7) is 4.41. The predicted octanol–water partition coefficient (Wildman–Crippen LogP) is 5.01. The quantitative estimate of drug-likeness (QED) is 0.437. The van der Waals surface area contributed by atoms with Crippen molar-refractivity contribution in [3.63, 3.8) is 0 Å². The fourth-order valence-corrected chi connectivity index (χ4v) is 5.12. The molecule has 3 aromatic rings. The average Bonchev–Trinajstić information content (AvgIpc) is 2.79. The molecule has 1 aliphatic carbocycles. The van der Waals surface area contributed by atoms with Gasteiger partial charge in [0.25, 0.3) is 5.56 Å². The molecule has 1 heterocycles. The van der Waals surface area contributed by atoms with Crippen LogP contribution in [-0.4, -0.2) is 20.7 Å². The second-order valence-electron chi connectivity index (χ2n) is 8.34. The summed E-state index contributed by atoms with van der Waals surface area (Å²) < 4.78 is 1.86. The summed E-state index contributed by atoms with van der Waals surface area (Å²) in [5, 5.41) is 3.95. The van der Waals surface area contributed by atoms with Crippen molar-refractivity contribution in [2.75, 3.05) is 0 Å². The van der Waals surface area contributed by atoms with E-state index >= 15 is 0 Å². The molecule has 31 heavy (non-hydrogen) atoms. The Morgan fingerprint density at radius 3 is 2.58 bits per heavy atom. The molecule has 1 saturated carbocycles. The third-order valence-electron chi connectivity index (χ3n) is 5.95. The van der Waals surface area contributed by atoms with Gasteiger partial charge in [-0.25, -0.2) is 4.98 Å². The maximum Gasteiger partial charge on any atom is 0.262 e. The van der Waals surface area contributed by atoms with Crippen molar-refractivity contribution in [3.05, 3.63) is 70.0 Å². The van der Waals surface area contributed by atoms with Crippen LogP contribution in [0.1, 0.15) is 56.2 Å². The molecule has 1 aromatic heterocycles. The van der Waals surface area contributed by atoms with Gasteiger partial charge in [-0.05, 0) is 44.4 Å². The van der Waals surface area contributed by atoms with E-state index < -0.39 is 0 Å². The van der Waals surface area contributed by atoms with Gasteiger partial charge < -0.3 is 5.32 Å². The molecule has 162 valence electrons. The van der Waals surface area contributed by atoms with E-state index in [0.717, 1.165) is 31.2 Å². The highest BCUT2D eigenvalue weighted by molar-refractivity contribution is 8.00. The van der Waals surface area contributed by atoms with Crippen molar-refractivity contribution in [1.82, 2.24) is 14.9 Å². The largest absolute Gasteiger partial charge is 0.351 e. The topological polar surface area (TPSA) is 64.0 Å². The summed E-state index contributed by atoms with van der Waals surface area (Å²) in [5.74, 6) is -0.0526. The monoisotopic (exact) mass is 435 g/mol. The normalized spacial score (nSPS) is 15.7. The van der Waals surface area contributed by atoms with Gasteiger partial charge in [0, 0.05) is 12.6 Å². The van der Waals surface area contributed by atoms with Gasteiger partial charge in [0.05, 0.1) is 16.2 Å². The van der Waals surface area contributed by atoms with Crippen molar-refractivity contribution in [2.24, 2.45) is 0 Å². The molecule has 0 saturated heterocycles. The number of hydrogen-bond acceptors (Lipinski definition) is 4. The zero-order chi connectivity index (χ0) is 21.8. The number of benzene rings is 2. The van der Waals surface area contributed by atoms with Gasteiger partial charge in [-0.15, -0.1) is 0 Å². The molecule has 1 atom stereocenters. The molecular formula is C25H29N3O2S. The van der Waals surface area contributed by atoms with Crippen LogP contribution in [0.25, 0.3) is 10.9 Å². The Balaban J connectivity index is 1.56. The van der Waals surface area contributed by atoms with Crippen LogP contribution in [0.4, 0.5) is 0 Å². The minimum absolute atomic E-state index is 0.00673. The maximum atomic E-state index is 13.3. The van der Waals surface area contributed by atoms with Crippen molar-refractivity contribution >= 4 is 28.6 Å². The van der Waals surface area contributed by atoms with E-state index in [1.807, 2.05) is 66.9 Å². The highest BCUT2D eigenvalue weighted by Crippen LogP contribution is 2.32. The molecule has 1 N–H and O–H groups in total. The van der Waals surface area contributed by atoms with Crippen LogP contribution in [0.3, 0.4) is 0 Å². The number of carbonyl (C=O) groups is 1. The van der Waals surface area contributed by atoms with Gasteiger partial charge in [-0.2, -0.15) is 0 Å². The lowest BCUT2D eigenvalue weighted by molar-refractivity contribution is -0.120. The van der Waals surface area contributed by atoms with Gasteiger partial charge >= 0.3 is 0 Å². The Bertz CT molecular complexity index is 1120. The zero-order valence-corrected chi connectivity index (χ0v) is 19.0. The van der Waals surface area contributed by atoms with E-state index in [-0.39, 0.29) is 22.8 Å². The molecule has 2 aromatic carbocycles. The number of para-hydroxylation sites is 1. The Labute approximate surface area is 187 Å². The van der Waals surface area contributed by atoms with Gasteiger partial charge in [0.1, 0.15) is 0 Å². The number of aromatic nitrogens is 2. The molecule has 1 unspecified atom stereocenters. The van der Waals surface area contributed by atoms with E-state index in [1.165, 1.54) is 23.7 Å². The number of nitrogens with zero attached hydrogens (tertiary/aromatic N) is 2. The maximum absolute atomic E-state index is 13.3. The van der Waals surface area contributed by atoms with E-state index in [9.17, 15) is 9.59 Å². The second-order valence-corrected chi connectivity index (χ2v) is 9.65. The van der Waals surface area contributed by atoms with Gasteiger partial charge in [-0.1, -0.05) is 73.0 Å². The predicted molar refractivity (Wildman–Crippen MR) is 126 cm³/mol. The first-order chi connectivity index (χ1) is 15.0. The molecule has 1 amide bonds. The fraction of sp³-hybridized carbons (Fsp3) is 0.400. The Kier molecular flexibility index (Phi) is 6.76. The molecule has 1 fully saturated rings. The van der Waals surface area contributed by atoms with Crippen LogP contribution in [0.15, 0.2) is 58.5 Å². The number of amides is 1. The lowest BCUT2D eigenvalue weighted by atomic mass is 9.95. The van der Waals surface area contributed by atoms with E-state index in [0.29, 0.717) is 22.6 Å². The van der Waals surface area contributed by atoms with E-state index in [2.05, 4.69) is 5.32 Å². The van der Waals surface area contributed by atoms with Gasteiger partial charge in [0.15, 0.2) is 5.16 Å². The summed E-state index contributed by atoms with van der Waals surface area (Å²) in [4.78, 5) is 30.9. The first-order valence-corrected chi connectivity index (χ1v) is 11.9. The fourth-order valence-electron chi connectivity index (χ4n) is 4.12. The Hall–Kier alpha value is -2.60. The second kappa shape index (κ2) is 9.69. The number of aryl methyl sites for hydroxylation is 1. The van der Waals surface area contributed by atoms with Crippen molar-refractivity contribution < 1.29 is 4.79 Å². The molecule has 5 nitrogen and oxygen atoms in total. The van der Waals surface area contributed by atoms with Crippen LogP contribution >= 0.6 is 11.8 Å². The summed E-state index contributed by atoms with van der Waals surface area (Å²) >= 11 is 1.38. The summed E-state index contributed by atoms with van der Waals surface area (Å²) in [7, 11) is 0. The highest BCUT2D eigenvalue weighted by Gasteiger charge is 2.24. The third-order valence-corrected chi connectivity index (χ3v) is 7.02. The van der Waals surface area contributed by atoms with Crippen molar-refractivity contribution in [2.45, 2.75) is 68.9 Å². The molecule has 4 rings (SSSR count). The number of rotatable bonds is 6. The van der Waals surface area contributed by atoms with Crippen molar-refractivity contribution in [3.8, 4) is 0 Å². The van der Waals surface area contributed by atoms with Gasteiger partial charge in [0.2, 0.25) is 5.91 Å². The van der Waals surface area contributed by atoms with Crippen LogP contribution in [0, 0.1) is 6.92 Å². The minimum Gasteiger partial charge on any atom is -0.351 e. The Morgan fingerprint density at radius 2 is 1.84 bits per heavy atom. The van der Waals surface area contributed by atoms with Crippen LogP contribution in [0.5, 0.6) is 0 Å². The van der Waals surface area contributed by atoms with Crippen LogP contribution in [0.2, 0.25) is 0 Å². The number of hydrogen-bond donors (Lipinski definition) is 1. The molecule has 0 aliphatic heterocycles. The molecular weight excluding hydrogens is 406 g/mol. The Morgan fingerprint density at radius 1 is 1.13 bits per heavy atom. The number of nitrogens with one attached hydrogen (secondary N) is 1. The molecule has 1 aliphatic rings. The average molecular weight is 436 g/mol. The van der Waals surface area contributed by atoms with E-state index in [4.69, 9.17) is 4.98 Å². The van der Waals surface area contributed by atoms with E-state index in [1.54, 1.807) is 0 Å². The van der Waals surface area contributed by atoms with Gasteiger partial charge in [-0.3, -0.25) is 14.2 Å². The van der Waals surface area contributed by atoms with Crippen LogP contribution < -0.4 is 10.9 Å². The number of fused-ring (bicyclic) bond motifs is 1. The standard InChI is InChI=1S/C25H29N3O2S/c1-17-12-14-19(15-13-17)16-26-23(29)18(2)31-25-27-22-11-7-6-10-21(22)24(30)28(25)20-8-4-3-5-9-20/h6-7,10-15,18,20H,3-5,8-9,16H2,1-2H3,(H,26,29). The molecule has 0 spiro atoms. The molecule has 0 bridgehead atoms. The highest BCUT2D eigenvalue weighted by atomic mass is 32.2. The lowest BCUT2D eigenvalue weighted by Gasteiger charge is -2.26. The number of carbonyl (C=O) groups excluding carboxylic acids is 1. The summed E-state index contributed by atoms with van der Waals surface area (Å²) in [6, 6.07) is 15.8. The minimum atomic E-state index is -0.353. The third kappa shape index (κ3) is 5.01. The first-order valence-electron chi connectivity index (χ1n) is 11.0. The lowest BCUT2D eigenvalue weighted by Crippen LogP contribution is -2.33. The summed E-state index contributed by atoms with van der Waals surface area (Å²) in [6.07, 6.45) is 5.44. The zero-order valence-electron chi connectivity index (χ0n) is 18.1. The first kappa shape index (κ1) is 21.6. The summed E-state index contributed by atoms with van der Waals surface area (Å²) in [5.41, 5.74) is 2.96. The molecule has 0 radical (unpaired) electrons. The van der Waals surface area contributed by atoms with Crippen molar-refractivity contribution in [1.29, 1.82) is 0 Å². The smallest absolute Gasteiger partial charge is 0.262 e.